The second-order valence-electron chi connectivity index (χ2n) is 3.64. The van der Waals surface area contributed by atoms with Gasteiger partial charge in [-0.25, -0.2) is 9.97 Å². The lowest BCUT2D eigenvalue weighted by atomic mass is 10.2. The van der Waals surface area contributed by atoms with Crippen molar-refractivity contribution in [2.45, 2.75) is 0 Å². The van der Waals surface area contributed by atoms with E-state index in [-0.39, 0.29) is 11.4 Å². The molecule has 2 heterocycles. The number of nitrogens with zero attached hydrogens (tertiary/aromatic N) is 4. The van der Waals surface area contributed by atoms with Crippen molar-refractivity contribution in [1.82, 2.24) is 9.97 Å². The summed E-state index contributed by atoms with van der Waals surface area (Å²) in [6, 6.07) is 1.68. The molecule has 0 unspecified atom stereocenters. The standard InChI is InChI=1S/C10H6N4O6/c15-7-1-5(13(17)18)3-11-9(7)10-8(16)2-6(4-12-10)14(19)20/h1-4,15-16H. The summed E-state index contributed by atoms with van der Waals surface area (Å²) in [5.41, 5.74) is -1.31. The first-order chi connectivity index (χ1) is 9.40. The van der Waals surface area contributed by atoms with Crippen LogP contribution in [0.2, 0.25) is 0 Å². The van der Waals surface area contributed by atoms with Gasteiger partial charge in [0, 0.05) is 0 Å². The molecule has 0 spiro atoms. The van der Waals surface area contributed by atoms with Gasteiger partial charge in [0.05, 0.1) is 22.0 Å². The van der Waals surface area contributed by atoms with Crippen LogP contribution in [0, 0.1) is 20.2 Å². The van der Waals surface area contributed by atoms with E-state index in [9.17, 15) is 30.4 Å². The zero-order valence-corrected chi connectivity index (χ0v) is 9.63. The molecule has 0 aliphatic carbocycles. The van der Waals surface area contributed by atoms with E-state index in [1.165, 1.54) is 0 Å². The van der Waals surface area contributed by atoms with E-state index in [1.807, 2.05) is 0 Å². The average molecular weight is 278 g/mol. The van der Waals surface area contributed by atoms with E-state index in [2.05, 4.69) is 9.97 Å². The summed E-state index contributed by atoms with van der Waals surface area (Å²) in [6.07, 6.45) is 1.75. The largest absolute Gasteiger partial charge is 0.505 e. The van der Waals surface area contributed by atoms with E-state index in [0.717, 1.165) is 24.5 Å². The van der Waals surface area contributed by atoms with Gasteiger partial charge >= 0.3 is 0 Å². The Kier molecular flexibility index (Phi) is 3.13. The van der Waals surface area contributed by atoms with Gasteiger partial charge in [-0.1, -0.05) is 0 Å². The van der Waals surface area contributed by atoms with Gasteiger partial charge in [-0.3, -0.25) is 20.2 Å². The number of pyridine rings is 2. The minimum Gasteiger partial charge on any atom is -0.505 e. The number of aromatic nitrogens is 2. The van der Waals surface area contributed by atoms with Crippen molar-refractivity contribution >= 4 is 11.4 Å². The smallest absolute Gasteiger partial charge is 0.291 e. The third-order valence-electron chi connectivity index (χ3n) is 2.35. The van der Waals surface area contributed by atoms with E-state index in [1.54, 1.807) is 0 Å². The number of hydrogen-bond donors (Lipinski definition) is 2. The molecule has 0 aliphatic rings. The van der Waals surface area contributed by atoms with Crippen molar-refractivity contribution in [2.24, 2.45) is 0 Å². The molecule has 2 aromatic rings. The van der Waals surface area contributed by atoms with Gasteiger partial charge in [0.25, 0.3) is 11.4 Å². The molecule has 2 N–H and O–H groups in total. The second-order valence-corrected chi connectivity index (χ2v) is 3.64. The van der Waals surface area contributed by atoms with Crippen LogP contribution in [0.25, 0.3) is 11.4 Å². The van der Waals surface area contributed by atoms with Crippen LogP contribution in [0.1, 0.15) is 0 Å². The zero-order valence-electron chi connectivity index (χ0n) is 9.63. The normalized spacial score (nSPS) is 10.2. The Morgan fingerprint density at radius 1 is 0.850 bits per heavy atom. The van der Waals surface area contributed by atoms with Crippen LogP contribution in [0.3, 0.4) is 0 Å². The minimum absolute atomic E-state index is 0.219. The van der Waals surface area contributed by atoms with Crippen LogP contribution in [-0.2, 0) is 0 Å². The van der Waals surface area contributed by atoms with E-state index in [4.69, 9.17) is 0 Å². The lowest BCUT2D eigenvalue weighted by Crippen LogP contribution is -1.95. The maximum atomic E-state index is 10.5. The maximum Gasteiger partial charge on any atom is 0.291 e. The Labute approximate surface area is 110 Å². The lowest BCUT2D eigenvalue weighted by molar-refractivity contribution is -0.385. The van der Waals surface area contributed by atoms with Crippen molar-refractivity contribution in [3.63, 3.8) is 0 Å². The number of hydrogen-bond acceptors (Lipinski definition) is 8. The Bertz CT molecular complexity index is 655. The van der Waals surface area contributed by atoms with Gasteiger partial charge in [-0.15, -0.1) is 0 Å². The van der Waals surface area contributed by atoms with Crippen LogP contribution < -0.4 is 0 Å². The summed E-state index contributed by atoms with van der Waals surface area (Å²) in [6.45, 7) is 0. The zero-order chi connectivity index (χ0) is 14.9. The first-order valence-electron chi connectivity index (χ1n) is 5.07. The van der Waals surface area contributed by atoms with Crippen LogP contribution in [-0.4, -0.2) is 30.0 Å². The van der Waals surface area contributed by atoms with Gasteiger partial charge < -0.3 is 10.2 Å². The fraction of sp³-hybridized carbons (Fsp3) is 0. The molecule has 102 valence electrons. The first-order valence-corrected chi connectivity index (χ1v) is 5.07. The quantitative estimate of drug-likeness (QED) is 0.630. The predicted molar refractivity (Wildman–Crippen MR) is 64.1 cm³/mol. The molecule has 2 rings (SSSR count). The Hall–Kier alpha value is -3.30. The topological polar surface area (TPSA) is 153 Å². The summed E-state index contributed by atoms with van der Waals surface area (Å²) < 4.78 is 0. The molecule has 0 fully saturated rings. The number of aromatic hydroxyl groups is 2. The highest BCUT2D eigenvalue weighted by molar-refractivity contribution is 5.70. The van der Waals surface area contributed by atoms with Crippen molar-refractivity contribution in [3.8, 4) is 22.9 Å². The maximum absolute atomic E-state index is 10.5. The van der Waals surface area contributed by atoms with Crippen LogP contribution in [0.4, 0.5) is 11.4 Å². The lowest BCUT2D eigenvalue weighted by Gasteiger charge is -2.04. The minimum atomic E-state index is -0.750. The van der Waals surface area contributed by atoms with Crippen molar-refractivity contribution in [1.29, 1.82) is 0 Å². The molecule has 0 saturated carbocycles. The Balaban J connectivity index is 2.52. The number of rotatable bonds is 3. The highest BCUT2D eigenvalue weighted by Crippen LogP contribution is 2.34. The Morgan fingerprint density at radius 2 is 1.20 bits per heavy atom. The van der Waals surface area contributed by atoms with Gasteiger partial charge in [-0.2, -0.15) is 0 Å². The molecule has 0 radical (unpaired) electrons. The molecule has 0 amide bonds. The molecule has 2 aromatic heterocycles. The van der Waals surface area contributed by atoms with E-state index in [0.29, 0.717) is 0 Å². The molecule has 10 nitrogen and oxygen atoms in total. The van der Waals surface area contributed by atoms with Gasteiger partial charge in [-0.05, 0) is 0 Å². The third kappa shape index (κ3) is 2.29. The summed E-state index contributed by atoms with van der Waals surface area (Å²) in [5, 5.41) is 40.3. The summed E-state index contributed by atoms with van der Waals surface area (Å²) in [7, 11) is 0. The molecule has 10 heteroatoms. The van der Waals surface area contributed by atoms with Gasteiger partial charge in [0.2, 0.25) is 0 Å². The van der Waals surface area contributed by atoms with Crippen LogP contribution in [0.15, 0.2) is 24.5 Å². The second kappa shape index (κ2) is 4.76. The molecule has 0 bridgehead atoms. The monoisotopic (exact) mass is 278 g/mol. The molecule has 20 heavy (non-hydrogen) atoms. The molecule has 0 aromatic carbocycles. The molecule has 0 atom stereocenters. The number of nitro groups is 2. The van der Waals surface area contributed by atoms with Crippen LogP contribution in [0.5, 0.6) is 11.5 Å². The van der Waals surface area contributed by atoms with E-state index >= 15 is 0 Å². The van der Waals surface area contributed by atoms with Crippen LogP contribution >= 0.6 is 0 Å². The predicted octanol–water partition coefficient (Wildman–Crippen LogP) is 1.37. The molecule has 0 aliphatic heterocycles. The van der Waals surface area contributed by atoms with E-state index < -0.39 is 32.7 Å². The van der Waals surface area contributed by atoms with Gasteiger partial charge in [0.1, 0.15) is 35.3 Å². The fourth-order valence-electron chi connectivity index (χ4n) is 1.45. The highest BCUT2D eigenvalue weighted by Gasteiger charge is 2.19. The highest BCUT2D eigenvalue weighted by atomic mass is 16.6. The van der Waals surface area contributed by atoms with Crippen molar-refractivity contribution in [3.05, 3.63) is 44.8 Å². The van der Waals surface area contributed by atoms with Gasteiger partial charge in [0.15, 0.2) is 0 Å². The summed E-state index contributed by atoms with van der Waals surface area (Å²) >= 11 is 0. The summed E-state index contributed by atoms with van der Waals surface area (Å²) in [4.78, 5) is 26.7. The van der Waals surface area contributed by atoms with Crippen molar-refractivity contribution < 1.29 is 20.1 Å². The average Bonchev–Trinajstić information content (AvgIpc) is 2.38. The van der Waals surface area contributed by atoms with Crippen molar-refractivity contribution in [2.75, 3.05) is 0 Å². The first kappa shape index (κ1) is 13.1. The molecular formula is C10H6N4O6. The summed E-state index contributed by atoms with van der Waals surface area (Å²) in [5.74, 6) is -1.15. The molecule has 0 saturated heterocycles. The fourth-order valence-corrected chi connectivity index (χ4v) is 1.45. The molecular weight excluding hydrogens is 272 g/mol. The Morgan fingerprint density at radius 3 is 1.45 bits per heavy atom. The third-order valence-corrected chi connectivity index (χ3v) is 2.35. The SMILES string of the molecule is O=[N+]([O-])c1cnc(-c2ncc([N+](=O)[O-])cc2O)c(O)c1.